The van der Waals surface area contributed by atoms with Gasteiger partial charge in [0, 0.05) is 25.1 Å². The summed E-state index contributed by atoms with van der Waals surface area (Å²) in [6, 6.07) is 21.8. The summed E-state index contributed by atoms with van der Waals surface area (Å²) in [5, 5.41) is 3.70. The molecular weight excluding hydrogens is 470 g/mol. The number of nitrogens with one attached hydrogen (secondary N) is 1. The van der Waals surface area contributed by atoms with Crippen LogP contribution in [-0.4, -0.2) is 28.6 Å². The van der Waals surface area contributed by atoms with Crippen LogP contribution in [0.5, 0.6) is 5.75 Å². The molecule has 4 aromatic rings. The molecule has 4 rings (SSSR count). The monoisotopic (exact) mass is 503 g/mol. The highest BCUT2D eigenvalue weighted by atomic mass is 35.5. The van der Waals surface area contributed by atoms with Gasteiger partial charge in [-0.1, -0.05) is 60.0 Å². The number of ether oxygens (including phenoxy) is 1. The van der Waals surface area contributed by atoms with Crippen molar-refractivity contribution in [2.75, 3.05) is 13.2 Å². The molecule has 3 aromatic carbocycles. The largest absolute Gasteiger partial charge is 0.492 e. The predicted octanol–water partition coefficient (Wildman–Crippen LogP) is 6.92. The number of nitrogens with zero attached hydrogens (tertiary/aromatic N) is 2. The average Bonchev–Trinajstić information content (AvgIpc) is 3.22. The van der Waals surface area contributed by atoms with Crippen LogP contribution in [0.4, 0.5) is 0 Å². The molecule has 0 radical (unpaired) electrons. The van der Waals surface area contributed by atoms with Gasteiger partial charge in [0.1, 0.15) is 11.6 Å². The van der Waals surface area contributed by atoms with Gasteiger partial charge >= 0.3 is 0 Å². The van der Waals surface area contributed by atoms with E-state index in [1.165, 1.54) is 5.56 Å². The molecule has 1 N–H and O–H groups in total. The van der Waals surface area contributed by atoms with E-state index in [1.807, 2.05) is 62.4 Å². The topological polar surface area (TPSA) is 56.2 Å². The number of halogens is 1. The highest BCUT2D eigenvalue weighted by Crippen LogP contribution is 2.23. The zero-order valence-electron chi connectivity index (χ0n) is 21.1. The van der Waals surface area contributed by atoms with E-state index in [0.29, 0.717) is 18.2 Å². The predicted molar refractivity (Wildman–Crippen MR) is 147 cm³/mol. The van der Waals surface area contributed by atoms with Gasteiger partial charge in [-0.05, 0) is 69.0 Å². The maximum Gasteiger partial charge on any atom is 0.251 e. The molecule has 0 saturated carbocycles. The van der Waals surface area contributed by atoms with Crippen molar-refractivity contribution < 1.29 is 9.53 Å². The van der Waals surface area contributed by atoms with Gasteiger partial charge in [0.2, 0.25) is 0 Å². The van der Waals surface area contributed by atoms with E-state index >= 15 is 0 Å². The van der Waals surface area contributed by atoms with Gasteiger partial charge < -0.3 is 14.6 Å². The molecule has 36 heavy (non-hydrogen) atoms. The Labute approximate surface area is 218 Å². The third-order valence-electron chi connectivity index (χ3n) is 6.34. The van der Waals surface area contributed by atoms with Crippen LogP contribution in [0.1, 0.15) is 53.0 Å². The molecule has 6 heteroatoms. The molecular formula is C30H34ClN3O2. The Hall–Kier alpha value is -3.31. The van der Waals surface area contributed by atoms with Crippen LogP contribution in [0.25, 0.3) is 11.0 Å². The van der Waals surface area contributed by atoms with Crippen molar-refractivity contribution >= 4 is 28.5 Å². The van der Waals surface area contributed by atoms with Gasteiger partial charge in [0.05, 0.1) is 22.7 Å². The maximum absolute atomic E-state index is 12.5. The minimum Gasteiger partial charge on any atom is -0.492 e. The second-order valence-electron chi connectivity index (χ2n) is 9.19. The van der Waals surface area contributed by atoms with Gasteiger partial charge in [-0.15, -0.1) is 0 Å². The lowest BCUT2D eigenvalue weighted by Crippen LogP contribution is -2.25. The Morgan fingerprint density at radius 3 is 2.61 bits per heavy atom. The number of benzene rings is 3. The Morgan fingerprint density at radius 1 is 0.972 bits per heavy atom. The minimum absolute atomic E-state index is 0.00769. The molecule has 188 valence electrons. The molecule has 0 unspecified atom stereocenters. The van der Waals surface area contributed by atoms with Crippen LogP contribution in [-0.2, 0) is 13.0 Å². The Balaban J connectivity index is 1.25. The van der Waals surface area contributed by atoms with Crippen molar-refractivity contribution in [1.82, 2.24) is 14.9 Å². The standard InChI is InChI=1S/C30H34ClN3O2/c1-22-16-17-24(23(2)21-22)30(35)32-18-9-3-4-15-29-33-26-12-6-7-13-27(26)34(29)19-10-20-36-28-14-8-5-11-25(28)31/h5-8,11-14,16-17,21H,3-4,9-10,15,18-20H2,1-2H3,(H,32,35). The molecule has 1 aromatic heterocycles. The molecule has 0 saturated heterocycles. The van der Waals surface area contributed by atoms with Crippen molar-refractivity contribution in [3.05, 3.63) is 94.3 Å². The normalized spacial score (nSPS) is 11.1. The first-order valence-corrected chi connectivity index (χ1v) is 13.1. The summed E-state index contributed by atoms with van der Waals surface area (Å²) in [5.41, 5.74) is 5.13. The van der Waals surface area contributed by atoms with Gasteiger partial charge in [0.25, 0.3) is 5.91 Å². The number of fused-ring (bicyclic) bond motifs is 1. The van der Waals surface area contributed by atoms with Gasteiger partial charge in [-0.2, -0.15) is 0 Å². The lowest BCUT2D eigenvalue weighted by Gasteiger charge is -2.11. The summed E-state index contributed by atoms with van der Waals surface area (Å²) in [6.07, 6.45) is 4.78. The van der Waals surface area contributed by atoms with E-state index in [4.69, 9.17) is 21.3 Å². The fourth-order valence-electron chi connectivity index (χ4n) is 4.48. The SMILES string of the molecule is Cc1ccc(C(=O)NCCCCCc2nc3ccccc3n2CCCOc2ccccc2Cl)c(C)c1. The zero-order chi connectivity index (χ0) is 25.3. The summed E-state index contributed by atoms with van der Waals surface area (Å²) < 4.78 is 8.19. The third-order valence-corrected chi connectivity index (χ3v) is 6.66. The number of hydrogen-bond donors (Lipinski definition) is 1. The molecule has 1 amide bonds. The van der Waals surface area contributed by atoms with Crippen LogP contribution in [0.3, 0.4) is 0 Å². The summed E-state index contributed by atoms with van der Waals surface area (Å²) in [5.74, 6) is 1.83. The maximum atomic E-state index is 12.5. The number of rotatable bonds is 12. The number of imidazole rings is 1. The highest BCUT2D eigenvalue weighted by molar-refractivity contribution is 6.32. The zero-order valence-corrected chi connectivity index (χ0v) is 21.9. The summed E-state index contributed by atoms with van der Waals surface area (Å²) in [7, 11) is 0. The summed E-state index contributed by atoms with van der Waals surface area (Å²) in [4.78, 5) is 17.4. The summed E-state index contributed by atoms with van der Waals surface area (Å²) in [6.45, 7) is 6.14. The van der Waals surface area contributed by atoms with Crippen molar-refractivity contribution in [3.63, 3.8) is 0 Å². The summed E-state index contributed by atoms with van der Waals surface area (Å²) >= 11 is 6.20. The van der Waals surface area contributed by atoms with Crippen LogP contribution >= 0.6 is 11.6 Å². The van der Waals surface area contributed by atoms with Crippen molar-refractivity contribution in [3.8, 4) is 5.75 Å². The van der Waals surface area contributed by atoms with Crippen LogP contribution in [0.15, 0.2) is 66.7 Å². The minimum atomic E-state index is 0.00769. The quantitative estimate of drug-likeness (QED) is 0.213. The highest BCUT2D eigenvalue weighted by Gasteiger charge is 2.11. The van der Waals surface area contributed by atoms with Gasteiger partial charge in [-0.25, -0.2) is 4.98 Å². The average molecular weight is 504 g/mol. The number of aromatic nitrogens is 2. The molecule has 1 heterocycles. The second-order valence-corrected chi connectivity index (χ2v) is 9.59. The lowest BCUT2D eigenvalue weighted by molar-refractivity contribution is 0.0952. The van der Waals surface area contributed by atoms with Crippen molar-refractivity contribution in [2.24, 2.45) is 0 Å². The number of para-hydroxylation sites is 3. The molecule has 0 aliphatic rings. The molecule has 0 fully saturated rings. The number of aryl methyl sites for hydroxylation is 4. The van der Waals surface area contributed by atoms with Gasteiger partial charge in [0.15, 0.2) is 0 Å². The Bertz CT molecular complexity index is 1310. The van der Waals surface area contributed by atoms with E-state index in [2.05, 4.69) is 28.1 Å². The van der Waals surface area contributed by atoms with E-state index in [-0.39, 0.29) is 5.91 Å². The van der Waals surface area contributed by atoms with Crippen molar-refractivity contribution in [1.29, 1.82) is 0 Å². The smallest absolute Gasteiger partial charge is 0.251 e. The fourth-order valence-corrected chi connectivity index (χ4v) is 4.67. The van der Waals surface area contributed by atoms with Crippen LogP contribution in [0.2, 0.25) is 5.02 Å². The molecule has 5 nitrogen and oxygen atoms in total. The number of amides is 1. The molecule has 0 atom stereocenters. The van der Waals surface area contributed by atoms with E-state index in [0.717, 1.165) is 72.4 Å². The second kappa shape index (κ2) is 12.6. The number of hydrogen-bond acceptors (Lipinski definition) is 3. The molecule has 0 aliphatic heterocycles. The first-order chi connectivity index (χ1) is 17.5. The third kappa shape index (κ3) is 6.67. The fraction of sp³-hybridized carbons (Fsp3) is 0.333. The molecule has 0 bridgehead atoms. The van der Waals surface area contributed by atoms with Gasteiger partial charge in [-0.3, -0.25) is 4.79 Å². The Kier molecular flexibility index (Phi) is 9.01. The lowest BCUT2D eigenvalue weighted by atomic mass is 10.1. The molecule has 0 spiro atoms. The van der Waals surface area contributed by atoms with E-state index in [9.17, 15) is 4.79 Å². The van der Waals surface area contributed by atoms with Crippen LogP contribution in [0, 0.1) is 13.8 Å². The first kappa shape index (κ1) is 25.8. The number of carbonyl (C=O) groups excluding carboxylic acids is 1. The number of carbonyl (C=O) groups is 1. The van der Waals surface area contributed by atoms with E-state index < -0.39 is 0 Å². The Morgan fingerprint density at radius 2 is 1.78 bits per heavy atom. The van der Waals surface area contributed by atoms with E-state index in [1.54, 1.807) is 0 Å². The molecule has 0 aliphatic carbocycles. The first-order valence-electron chi connectivity index (χ1n) is 12.7. The number of unbranched alkanes of at least 4 members (excludes halogenated alkanes) is 2. The van der Waals surface area contributed by atoms with Crippen LogP contribution < -0.4 is 10.1 Å². The van der Waals surface area contributed by atoms with Crippen molar-refractivity contribution in [2.45, 2.75) is 52.5 Å².